The van der Waals surface area contributed by atoms with Crippen LogP contribution < -0.4 is 0 Å². The van der Waals surface area contributed by atoms with E-state index in [2.05, 4.69) is 0 Å². The molecule has 0 aromatic carbocycles. The molecule has 1 aliphatic rings. The van der Waals surface area contributed by atoms with Gasteiger partial charge < -0.3 is 19.6 Å². The van der Waals surface area contributed by atoms with Crippen molar-refractivity contribution in [2.75, 3.05) is 26.7 Å². The number of carbonyl (C=O) groups is 3. The summed E-state index contributed by atoms with van der Waals surface area (Å²) in [6.45, 7) is 2.17. The van der Waals surface area contributed by atoms with Crippen molar-refractivity contribution in [3.63, 3.8) is 0 Å². The Hall–Kier alpha value is -1.79. The van der Waals surface area contributed by atoms with Crippen LogP contribution in [-0.4, -0.2) is 65.7 Å². The molecule has 1 heterocycles. The molecule has 0 radical (unpaired) electrons. The van der Waals surface area contributed by atoms with Gasteiger partial charge in [-0.15, -0.1) is 0 Å². The summed E-state index contributed by atoms with van der Waals surface area (Å²) < 4.78 is 4.73. The van der Waals surface area contributed by atoms with E-state index in [-0.39, 0.29) is 13.2 Å². The number of aliphatic carboxylic acids is 1. The number of likely N-dealkylation sites (tertiary alicyclic amines) is 1. The molecule has 1 fully saturated rings. The average Bonchev–Trinajstić information content (AvgIpc) is 2.76. The second-order valence-electron chi connectivity index (χ2n) is 4.13. The number of hydrogen-bond acceptors (Lipinski definition) is 4. The molecule has 2 amide bonds. The van der Waals surface area contributed by atoms with Crippen molar-refractivity contribution in [3.05, 3.63) is 0 Å². The Bertz CT molecular complexity index is 344. The monoisotopic (exact) mass is 258 g/mol. The fourth-order valence-corrected chi connectivity index (χ4v) is 1.94. The first-order chi connectivity index (χ1) is 8.47. The van der Waals surface area contributed by atoms with Crippen molar-refractivity contribution in [1.29, 1.82) is 0 Å². The highest BCUT2D eigenvalue weighted by Crippen LogP contribution is 2.18. The summed E-state index contributed by atoms with van der Waals surface area (Å²) in [6.07, 6.45) is 1.12. The molecule has 0 unspecified atom stereocenters. The van der Waals surface area contributed by atoms with E-state index in [1.807, 2.05) is 0 Å². The fraction of sp³-hybridized carbons (Fsp3) is 0.727. The molecular formula is C11H18N2O5. The number of carboxylic acid groups (broad SMARTS) is 1. The van der Waals surface area contributed by atoms with Gasteiger partial charge in [0.05, 0.1) is 6.61 Å². The van der Waals surface area contributed by atoms with Crippen LogP contribution in [0, 0.1) is 0 Å². The lowest BCUT2D eigenvalue weighted by Crippen LogP contribution is -2.48. The number of amides is 2. The Kier molecular flexibility index (Phi) is 4.94. The molecule has 1 aliphatic heterocycles. The van der Waals surface area contributed by atoms with Crippen molar-refractivity contribution >= 4 is 18.0 Å². The fourth-order valence-electron chi connectivity index (χ4n) is 1.94. The summed E-state index contributed by atoms with van der Waals surface area (Å²) >= 11 is 0. The van der Waals surface area contributed by atoms with E-state index in [0.717, 1.165) is 0 Å². The number of ether oxygens (including phenoxy) is 1. The van der Waals surface area contributed by atoms with Gasteiger partial charge in [0.1, 0.15) is 12.6 Å². The zero-order chi connectivity index (χ0) is 13.7. The van der Waals surface area contributed by atoms with E-state index in [9.17, 15) is 14.4 Å². The van der Waals surface area contributed by atoms with Crippen LogP contribution in [0.15, 0.2) is 0 Å². The smallest absolute Gasteiger partial charge is 0.326 e. The molecule has 1 rings (SSSR count). The van der Waals surface area contributed by atoms with Gasteiger partial charge in [-0.1, -0.05) is 0 Å². The maximum Gasteiger partial charge on any atom is 0.326 e. The first-order valence-electron chi connectivity index (χ1n) is 5.87. The van der Waals surface area contributed by atoms with Crippen LogP contribution in [0.1, 0.15) is 19.8 Å². The summed E-state index contributed by atoms with van der Waals surface area (Å²) in [5.74, 6) is -1.51. The van der Waals surface area contributed by atoms with Gasteiger partial charge in [-0.3, -0.25) is 4.79 Å². The van der Waals surface area contributed by atoms with E-state index in [4.69, 9.17) is 9.84 Å². The van der Waals surface area contributed by atoms with Gasteiger partial charge in [-0.2, -0.15) is 0 Å². The molecule has 18 heavy (non-hydrogen) atoms. The molecule has 0 aliphatic carbocycles. The Morgan fingerprint density at radius 2 is 2.11 bits per heavy atom. The minimum absolute atomic E-state index is 0.171. The quantitative estimate of drug-likeness (QED) is 0.725. The van der Waals surface area contributed by atoms with Crippen molar-refractivity contribution in [2.45, 2.75) is 25.8 Å². The molecule has 102 valence electrons. The Labute approximate surface area is 105 Å². The molecule has 1 atom stereocenters. The maximum atomic E-state index is 12.0. The normalized spacial score (nSPS) is 18.6. The second kappa shape index (κ2) is 6.23. The van der Waals surface area contributed by atoms with Crippen molar-refractivity contribution in [2.24, 2.45) is 0 Å². The summed E-state index contributed by atoms with van der Waals surface area (Å²) in [4.78, 5) is 36.6. The lowest BCUT2D eigenvalue weighted by atomic mass is 10.2. The zero-order valence-electron chi connectivity index (χ0n) is 10.6. The number of nitrogens with zero attached hydrogens (tertiary/aromatic N) is 2. The summed E-state index contributed by atoms with van der Waals surface area (Å²) in [5.41, 5.74) is 0. The highest BCUT2D eigenvalue weighted by atomic mass is 16.5. The van der Waals surface area contributed by atoms with E-state index in [0.29, 0.717) is 19.4 Å². The predicted octanol–water partition coefficient (Wildman–Crippen LogP) is 0.150. The summed E-state index contributed by atoms with van der Waals surface area (Å²) in [7, 11) is 1.45. The number of carbonyl (C=O) groups excluding carboxylic acids is 2. The topological polar surface area (TPSA) is 87.2 Å². The summed E-state index contributed by atoms with van der Waals surface area (Å²) in [6, 6.07) is -1.24. The van der Waals surface area contributed by atoms with Crippen LogP contribution in [0.2, 0.25) is 0 Å². The van der Waals surface area contributed by atoms with Gasteiger partial charge in [-0.05, 0) is 19.8 Å². The van der Waals surface area contributed by atoms with Crippen LogP contribution in [0.25, 0.3) is 0 Å². The third-order valence-electron chi connectivity index (χ3n) is 2.78. The molecule has 1 saturated heterocycles. The molecular weight excluding hydrogens is 240 g/mol. The molecule has 0 saturated carbocycles. The summed E-state index contributed by atoms with van der Waals surface area (Å²) in [5, 5.41) is 8.98. The Morgan fingerprint density at radius 1 is 1.44 bits per heavy atom. The van der Waals surface area contributed by atoms with E-state index < -0.39 is 24.0 Å². The van der Waals surface area contributed by atoms with Gasteiger partial charge in [0, 0.05) is 13.6 Å². The highest BCUT2D eigenvalue weighted by Gasteiger charge is 2.35. The van der Waals surface area contributed by atoms with Crippen LogP contribution in [0.4, 0.5) is 4.79 Å². The zero-order valence-corrected chi connectivity index (χ0v) is 10.6. The number of likely N-dealkylation sites (N-methyl/N-ethyl adjacent to an activating group) is 1. The van der Waals surface area contributed by atoms with Crippen LogP contribution in [-0.2, 0) is 14.3 Å². The van der Waals surface area contributed by atoms with E-state index >= 15 is 0 Å². The molecule has 0 spiro atoms. The standard InChI is InChI=1S/C11H18N2O5/c1-3-18-9(14)7-12(2)11(17)13-6-4-5-8(13)10(15)16/h8H,3-7H2,1-2H3,(H,15,16)/t8-/m0/s1. The third kappa shape index (κ3) is 3.35. The lowest BCUT2D eigenvalue weighted by molar-refractivity contribution is -0.143. The molecule has 7 nitrogen and oxygen atoms in total. The van der Waals surface area contributed by atoms with Crippen molar-refractivity contribution in [3.8, 4) is 0 Å². The molecule has 0 bridgehead atoms. The van der Waals surface area contributed by atoms with E-state index in [1.165, 1.54) is 16.8 Å². The number of esters is 1. The minimum Gasteiger partial charge on any atom is -0.480 e. The second-order valence-corrected chi connectivity index (χ2v) is 4.13. The van der Waals surface area contributed by atoms with E-state index in [1.54, 1.807) is 6.92 Å². The average molecular weight is 258 g/mol. The van der Waals surface area contributed by atoms with Crippen molar-refractivity contribution in [1.82, 2.24) is 9.80 Å². The van der Waals surface area contributed by atoms with Crippen molar-refractivity contribution < 1.29 is 24.2 Å². The first-order valence-corrected chi connectivity index (χ1v) is 5.87. The molecule has 7 heteroatoms. The number of carboxylic acids is 1. The Balaban J connectivity index is 2.57. The maximum absolute atomic E-state index is 12.0. The first kappa shape index (κ1) is 14.3. The van der Waals surface area contributed by atoms with Crippen LogP contribution in [0.5, 0.6) is 0 Å². The minimum atomic E-state index is -1.01. The lowest BCUT2D eigenvalue weighted by Gasteiger charge is -2.26. The SMILES string of the molecule is CCOC(=O)CN(C)C(=O)N1CCC[C@H]1C(=O)O. The third-order valence-corrected chi connectivity index (χ3v) is 2.78. The van der Waals surface area contributed by atoms with Gasteiger partial charge >= 0.3 is 18.0 Å². The van der Waals surface area contributed by atoms with Gasteiger partial charge in [0.15, 0.2) is 0 Å². The number of urea groups is 1. The van der Waals surface area contributed by atoms with Gasteiger partial charge in [0.2, 0.25) is 0 Å². The molecule has 1 N–H and O–H groups in total. The van der Waals surface area contributed by atoms with Crippen LogP contribution in [0.3, 0.4) is 0 Å². The van der Waals surface area contributed by atoms with Crippen LogP contribution >= 0.6 is 0 Å². The largest absolute Gasteiger partial charge is 0.480 e. The van der Waals surface area contributed by atoms with Gasteiger partial charge in [0.25, 0.3) is 0 Å². The highest BCUT2D eigenvalue weighted by molar-refractivity contribution is 5.85. The molecule has 0 aromatic rings. The van der Waals surface area contributed by atoms with Gasteiger partial charge in [-0.25, -0.2) is 9.59 Å². The predicted molar refractivity (Wildman–Crippen MR) is 62.0 cm³/mol. The Morgan fingerprint density at radius 3 is 2.67 bits per heavy atom. The molecule has 0 aromatic heterocycles. The number of rotatable bonds is 4. The number of hydrogen-bond donors (Lipinski definition) is 1.